The van der Waals surface area contributed by atoms with Gasteiger partial charge in [-0.1, -0.05) is 19.9 Å². The first-order valence-electron chi connectivity index (χ1n) is 10.4. The third kappa shape index (κ3) is 2.14. The molecular weight excluding hydrogens is 296 g/mol. The summed E-state index contributed by atoms with van der Waals surface area (Å²) in [6.07, 6.45) is 13.1. The molecule has 136 valence electrons. The molecule has 4 aliphatic carbocycles. The summed E-state index contributed by atoms with van der Waals surface area (Å²) in [6, 6.07) is 0. The maximum Gasteiger partial charge on any atom is 0.0738 e. The van der Waals surface area contributed by atoms with Gasteiger partial charge in [0.25, 0.3) is 0 Å². The van der Waals surface area contributed by atoms with E-state index in [2.05, 4.69) is 20.4 Å². The number of aliphatic hydroxyl groups excluding tert-OH is 1. The van der Waals surface area contributed by atoms with Crippen molar-refractivity contribution < 1.29 is 10.2 Å². The van der Waals surface area contributed by atoms with Gasteiger partial charge in [-0.3, -0.25) is 0 Å². The second kappa shape index (κ2) is 5.58. The van der Waals surface area contributed by atoms with E-state index in [-0.39, 0.29) is 11.5 Å². The van der Waals surface area contributed by atoms with Gasteiger partial charge in [-0.2, -0.15) is 0 Å². The summed E-state index contributed by atoms with van der Waals surface area (Å²) in [5, 5.41) is 21.5. The molecule has 4 fully saturated rings. The zero-order valence-electron chi connectivity index (χ0n) is 15.6. The first-order chi connectivity index (χ1) is 11.3. The number of rotatable bonds is 2. The van der Waals surface area contributed by atoms with E-state index in [4.69, 9.17) is 0 Å². The highest BCUT2D eigenvalue weighted by molar-refractivity contribution is 5.15. The molecule has 2 nitrogen and oxygen atoms in total. The van der Waals surface area contributed by atoms with Gasteiger partial charge < -0.3 is 10.2 Å². The Hall–Kier alpha value is -0.340. The molecule has 0 aromatic rings. The van der Waals surface area contributed by atoms with Crippen LogP contribution in [0, 0.1) is 34.5 Å². The number of fused-ring (bicyclic) bond motifs is 5. The highest BCUT2D eigenvalue weighted by atomic mass is 16.3. The number of aliphatic hydroxyl groups is 2. The Morgan fingerprint density at radius 2 is 1.75 bits per heavy atom. The SMILES string of the molecule is C=CC[C@@]1(O)CC[C@H]2[C@@H]3CC[C@@H]4C[C@@H](O)CC[C@]4(C)[C@H]3CC[C@@]21C. The molecule has 0 saturated heterocycles. The quantitative estimate of drug-likeness (QED) is 0.720. The van der Waals surface area contributed by atoms with E-state index < -0.39 is 5.60 Å². The van der Waals surface area contributed by atoms with E-state index in [0.717, 1.165) is 43.4 Å². The predicted molar refractivity (Wildman–Crippen MR) is 97.5 cm³/mol. The van der Waals surface area contributed by atoms with Crippen LogP contribution in [0.25, 0.3) is 0 Å². The maximum absolute atomic E-state index is 11.4. The Bertz CT molecular complexity index is 516. The molecular formula is C22H36O2. The van der Waals surface area contributed by atoms with Crippen molar-refractivity contribution in [2.24, 2.45) is 34.5 Å². The van der Waals surface area contributed by atoms with Crippen molar-refractivity contribution in [2.75, 3.05) is 0 Å². The lowest BCUT2D eigenvalue weighted by molar-refractivity contribution is -0.157. The van der Waals surface area contributed by atoms with E-state index in [9.17, 15) is 10.2 Å². The summed E-state index contributed by atoms with van der Waals surface area (Å²) in [5.41, 5.74) is -0.00669. The molecule has 0 unspecified atom stereocenters. The van der Waals surface area contributed by atoms with E-state index in [1.165, 1.54) is 38.5 Å². The summed E-state index contributed by atoms with van der Waals surface area (Å²) >= 11 is 0. The molecule has 0 heterocycles. The number of hydrogen-bond acceptors (Lipinski definition) is 2. The van der Waals surface area contributed by atoms with E-state index in [1.807, 2.05) is 6.08 Å². The van der Waals surface area contributed by atoms with Crippen LogP contribution in [0.15, 0.2) is 12.7 Å². The van der Waals surface area contributed by atoms with Gasteiger partial charge in [0.2, 0.25) is 0 Å². The molecule has 4 saturated carbocycles. The topological polar surface area (TPSA) is 40.5 Å². The van der Waals surface area contributed by atoms with Gasteiger partial charge >= 0.3 is 0 Å². The monoisotopic (exact) mass is 332 g/mol. The average molecular weight is 333 g/mol. The van der Waals surface area contributed by atoms with Crippen molar-refractivity contribution in [3.8, 4) is 0 Å². The van der Waals surface area contributed by atoms with Crippen LogP contribution in [0.5, 0.6) is 0 Å². The largest absolute Gasteiger partial charge is 0.393 e. The zero-order valence-corrected chi connectivity index (χ0v) is 15.6. The zero-order chi connectivity index (χ0) is 17.2. The molecule has 0 aromatic heterocycles. The van der Waals surface area contributed by atoms with Gasteiger partial charge in [-0.25, -0.2) is 0 Å². The molecule has 24 heavy (non-hydrogen) atoms. The molecule has 0 radical (unpaired) electrons. The van der Waals surface area contributed by atoms with Gasteiger partial charge in [0.15, 0.2) is 0 Å². The van der Waals surface area contributed by atoms with Crippen LogP contribution in [-0.4, -0.2) is 21.9 Å². The van der Waals surface area contributed by atoms with Crippen LogP contribution in [-0.2, 0) is 0 Å². The van der Waals surface area contributed by atoms with E-state index >= 15 is 0 Å². The van der Waals surface area contributed by atoms with Crippen molar-refractivity contribution in [1.29, 1.82) is 0 Å². The first kappa shape index (κ1) is 17.1. The van der Waals surface area contributed by atoms with Crippen LogP contribution >= 0.6 is 0 Å². The Morgan fingerprint density at radius 1 is 1.00 bits per heavy atom. The molecule has 8 atom stereocenters. The summed E-state index contributed by atoms with van der Waals surface area (Å²) in [7, 11) is 0. The van der Waals surface area contributed by atoms with Gasteiger partial charge in [-0.15, -0.1) is 6.58 Å². The van der Waals surface area contributed by atoms with E-state index in [0.29, 0.717) is 11.3 Å². The van der Waals surface area contributed by atoms with Gasteiger partial charge in [0, 0.05) is 0 Å². The fourth-order valence-electron chi connectivity index (χ4n) is 7.92. The van der Waals surface area contributed by atoms with Crippen LogP contribution in [0.3, 0.4) is 0 Å². The summed E-state index contributed by atoms with van der Waals surface area (Å²) in [4.78, 5) is 0. The molecule has 0 amide bonds. The maximum atomic E-state index is 11.4. The minimum absolute atomic E-state index is 0.0577. The highest BCUT2D eigenvalue weighted by Gasteiger charge is 2.64. The lowest BCUT2D eigenvalue weighted by atomic mass is 9.44. The second-order valence-electron chi connectivity index (χ2n) is 10.1. The van der Waals surface area contributed by atoms with Crippen molar-refractivity contribution in [3.05, 3.63) is 12.7 Å². The van der Waals surface area contributed by atoms with Gasteiger partial charge in [-0.05, 0) is 98.7 Å². The smallest absolute Gasteiger partial charge is 0.0738 e. The Morgan fingerprint density at radius 3 is 2.50 bits per heavy atom. The first-order valence-corrected chi connectivity index (χ1v) is 10.4. The van der Waals surface area contributed by atoms with Crippen LogP contribution in [0.2, 0.25) is 0 Å². The summed E-state index contributed by atoms with van der Waals surface area (Å²) in [6.45, 7) is 8.82. The summed E-state index contributed by atoms with van der Waals surface area (Å²) in [5.74, 6) is 3.01. The Labute approximate surface area is 147 Å². The minimum atomic E-state index is -0.523. The van der Waals surface area contributed by atoms with Crippen molar-refractivity contribution in [3.63, 3.8) is 0 Å². The average Bonchev–Trinajstić information content (AvgIpc) is 2.80. The van der Waals surface area contributed by atoms with Crippen LogP contribution in [0.4, 0.5) is 0 Å². The standard InChI is InChI=1S/C22H36O2/c1-4-10-22(24)13-9-19-17-6-5-15-14-16(23)7-11-20(15,2)18(17)8-12-21(19,22)3/h4,15-19,23-24H,1,5-14H2,2-3H3/t15-,16+,17-,18+,19+,20+,21+,22-/m1/s1. The third-order valence-corrected chi connectivity index (χ3v) is 9.44. The Kier molecular flexibility index (Phi) is 3.97. The van der Waals surface area contributed by atoms with E-state index in [1.54, 1.807) is 0 Å². The summed E-state index contributed by atoms with van der Waals surface area (Å²) < 4.78 is 0. The molecule has 0 aliphatic heterocycles. The van der Waals surface area contributed by atoms with Gasteiger partial charge in [0.05, 0.1) is 11.7 Å². The molecule has 4 aliphatic rings. The molecule has 0 spiro atoms. The van der Waals surface area contributed by atoms with Crippen molar-refractivity contribution in [1.82, 2.24) is 0 Å². The lowest BCUT2D eigenvalue weighted by Crippen LogP contribution is -2.56. The van der Waals surface area contributed by atoms with Crippen LogP contribution < -0.4 is 0 Å². The lowest BCUT2D eigenvalue weighted by Gasteiger charge is -2.61. The minimum Gasteiger partial charge on any atom is -0.393 e. The van der Waals surface area contributed by atoms with Crippen molar-refractivity contribution >= 4 is 0 Å². The normalized spacial score (nSPS) is 56.9. The van der Waals surface area contributed by atoms with Crippen LogP contribution in [0.1, 0.15) is 78.1 Å². The van der Waals surface area contributed by atoms with Gasteiger partial charge in [0.1, 0.15) is 0 Å². The number of hydrogen-bond donors (Lipinski definition) is 2. The Balaban J connectivity index is 1.62. The molecule has 2 N–H and O–H groups in total. The third-order valence-electron chi connectivity index (χ3n) is 9.44. The fourth-order valence-corrected chi connectivity index (χ4v) is 7.92. The molecule has 0 bridgehead atoms. The molecule has 4 rings (SSSR count). The molecule has 0 aromatic carbocycles. The molecule has 2 heteroatoms. The highest BCUT2D eigenvalue weighted by Crippen LogP contribution is 2.68. The fraction of sp³-hybridized carbons (Fsp3) is 0.909. The van der Waals surface area contributed by atoms with Crippen molar-refractivity contribution in [2.45, 2.75) is 89.8 Å². The second-order valence-corrected chi connectivity index (χ2v) is 10.1. The predicted octanol–water partition coefficient (Wildman–Crippen LogP) is 4.70.